The van der Waals surface area contributed by atoms with Crippen molar-refractivity contribution in [2.75, 3.05) is 33.9 Å². The Labute approximate surface area is 161 Å². The van der Waals surface area contributed by atoms with Crippen LogP contribution in [0.15, 0.2) is 73.3 Å². The highest BCUT2D eigenvalue weighted by atomic mass is 35.5. The summed E-state index contributed by atoms with van der Waals surface area (Å²) in [6.45, 7) is 5.01. The number of benzene rings is 2. The highest BCUT2D eigenvalue weighted by Crippen LogP contribution is 2.35. The molecule has 1 N–H and O–H groups in total. The van der Waals surface area contributed by atoms with Crippen molar-refractivity contribution in [2.24, 2.45) is 0 Å². The maximum Gasteiger partial charge on any atom is 0.348 e. The Morgan fingerprint density at radius 2 is 1.54 bits per heavy atom. The minimum Gasteiger partial charge on any atom is -1.00 e. The molecule has 2 aromatic rings. The number of hydrogen-bond acceptors (Lipinski definition) is 3. The second-order valence-electron chi connectivity index (χ2n) is 6.11. The van der Waals surface area contributed by atoms with Crippen LogP contribution in [0.2, 0.25) is 0 Å². The molecule has 0 spiro atoms. The number of esters is 1. The fourth-order valence-electron chi connectivity index (χ4n) is 2.61. The molecular formula is C21H26ClNO3. The highest BCUT2D eigenvalue weighted by Gasteiger charge is 2.45. The number of carbonyl (C=O) groups excluding carboxylic acids is 1. The zero-order chi connectivity index (χ0) is 18.1. The third kappa shape index (κ3) is 5.18. The average Bonchev–Trinajstić information content (AvgIpc) is 2.64. The Hall–Kier alpha value is -2.14. The quantitative estimate of drug-likeness (QED) is 0.443. The first-order valence-electron chi connectivity index (χ1n) is 8.43. The average molecular weight is 376 g/mol. The molecule has 0 aliphatic rings. The Morgan fingerprint density at radius 3 is 1.96 bits per heavy atom. The Morgan fingerprint density at radius 1 is 1.04 bits per heavy atom. The summed E-state index contributed by atoms with van der Waals surface area (Å²) in [5.74, 6) is -0.409. The van der Waals surface area contributed by atoms with Crippen molar-refractivity contribution in [3.63, 3.8) is 0 Å². The van der Waals surface area contributed by atoms with Gasteiger partial charge >= 0.3 is 5.97 Å². The lowest BCUT2D eigenvalue weighted by molar-refractivity contribution is -0.858. The molecule has 2 aromatic carbocycles. The Balaban J connectivity index is 0.00000338. The highest BCUT2D eigenvalue weighted by molar-refractivity contribution is 5.85. The van der Waals surface area contributed by atoms with Crippen molar-refractivity contribution in [3.8, 4) is 0 Å². The molecule has 26 heavy (non-hydrogen) atoms. The number of carbonyl (C=O) groups is 1. The molecule has 0 radical (unpaired) electrons. The van der Waals surface area contributed by atoms with E-state index in [-0.39, 0.29) is 19.0 Å². The van der Waals surface area contributed by atoms with Gasteiger partial charge in [0.2, 0.25) is 5.60 Å². The molecule has 0 unspecified atom stereocenters. The summed E-state index contributed by atoms with van der Waals surface area (Å²) < 4.78 is 11.7. The van der Waals surface area contributed by atoms with Gasteiger partial charge in [-0.15, -0.1) is 6.58 Å². The summed E-state index contributed by atoms with van der Waals surface area (Å²) >= 11 is 0. The van der Waals surface area contributed by atoms with E-state index in [0.717, 1.165) is 17.7 Å². The van der Waals surface area contributed by atoms with E-state index >= 15 is 0 Å². The minimum absolute atomic E-state index is 0. The summed E-state index contributed by atoms with van der Waals surface area (Å²) in [5, 5.41) is 0. The third-order valence-electron chi connectivity index (χ3n) is 3.90. The van der Waals surface area contributed by atoms with Crippen LogP contribution in [0, 0.1) is 0 Å². The van der Waals surface area contributed by atoms with E-state index in [1.54, 1.807) is 6.08 Å². The predicted molar refractivity (Wildman–Crippen MR) is 98.4 cm³/mol. The number of ether oxygens (including phenoxy) is 2. The van der Waals surface area contributed by atoms with Crippen LogP contribution in [0.1, 0.15) is 11.1 Å². The second kappa shape index (κ2) is 10.8. The maximum atomic E-state index is 13.2. The number of rotatable bonds is 9. The van der Waals surface area contributed by atoms with Crippen molar-refractivity contribution in [3.05, 3.63) is 84.4 Å². The summed E-state index contributed by atoms with van der Waals surface area (Å²) in [4.78, 5) is 14.4. The van der Waals surface area contributed by atoms with E-state index < -0.39 is 11.6 Å². The molecule has 0 fully saturated rings. The molecular weight excluding hydrogens is 350 g/mol. The topological polar surface area (TPSA) is 40.0 Å². The number of quaternary nitrogens is 1. The smallest absolute Gasteiger partial charge is 0.348 e. The second-order valence-corrected chi connectivity index (χ2v) is 6.11. The minimum atomic E-state index is -1.31. The lowest BCUT2D eigenvalue weighted by Crippen LogP contribution is -3.06. The fraction of sp³-hybridized carbons (Fsp3) is 0.286. The lowest BCUT2D eigenvalue weighted by Gasteiger charge is -2.32. The van der Waals surface area contributed by atoms with Crippen LogP contribution in [0.5, 0.6) is 0 Å². The van der Waals surface area contributed by atoms with Gasteiger partial charge in [-0.3, -0.25) is 0 Å². The normalized spacial score (nSPS) is 10.9. The van der Waals surface area contributed by atoms with Crippen LogP contribution in [-0.4, -0.2) is 39.8 Å². The molecule has 0 aromatic heterocycles. The van der Waals surface area contributed by atoms with Crippen LogP contribution in [0.4, 0.5) is 0 Å². The van der Waals surface area contributed by atoms with Gasteiger partial charge in [0.25, 0.3) is 0 Å². The zero-order valence-corrected chi connectivity index (χ0v) is 16.0. The van der Waals surface area contributed by atoms with E-state index in [0.29, 0.717) is 6.61 Å². The first-order chi connectivity index (χ1) is 12.1. The van der Waals surface area contributed by atoms with Crippen LogP contribution < -0.4 is 17.3 Å². The molecule has 0 heterocycles. The lowest BCUT2D eigenvalue weighted by atomic mass is 9.86. The molecule has 0 aliphatic heterocycles. The zero-order valence-electron chi connectivity index (χ0n) is 15.3. The first-order valence-corrected chi connectivity index (χ1v) is 8.43. The van der Waals surface area contributed by atoms with Gasteiger partial charge in [0, 0.05) is 0 Å². The van der Waals surface area contributed by atoms with E-state index in [9.17, 15) is 4.79 Å². The summed E-state index contributed by atoms with van der Waals surface area (Å²) in [5.41, 5.74) is 0.175. The van der Waals surface area contributed by atoms with Gasteiger partial charge in [0.05, 0.1) is 20.7 Å². The molecule has 5 heteroatoms. The number of halogens is 1. The maximum absolute atomic E-state index is 13.2. The number of nitrogens with one attached hydrogen (secondary N) is 1. The van der Waals surface area contributed by atoms with Gasteiger partial charge in [-0.2, -0.15) is 0 Å². The van der Waals surface area contributed by atoms with Gasteiger partial charge < -0.3 is 26.8 Å². The van der Waals surface area contributed by atoms with Crippen molar-refractivity contribution in [1.82, 2.24) is 0 Å². The van der Waals surface area contributed by atoms with Gasteiger partial charge in [-0.05, 0) is 11.1 Å². The van der Waals surface area contributed by atoms with Crippen LogP contribution in [0.25, 0.3) is 0 Å². The number of likely N-dealkylation sites (N-methyl/N-ethyl adjacent to an activating group) is 1. The molecule has 0 amide bonds. The molecule has 0 saturated carbocycles. The van der Waals surface area contributed by atoms with E-state index in [2.05, 4.69) is 6.58 Å². The molecule has 140 valence electrons. The van der Waals surface area contributed by atoms with E-state index in [1.807, 2.05) is 74.8 Å². The van der Waals surface area contributed by atoms with Crippen molar-refractivity contribution >= 4 is 5.97 Å². The van der Waals surface area contributed by atoms with Gasteiger partial charge in [0.1, 0.15) is 13.2 Å². The van der Waals surface area contributed by atoms with Gasteiger partial charge in [0.15, 0.2) is 0 Å². The summed E-state index contributed by atoms with van der Waals surface area (Å²) in [7, 11) is 4.04. The summed E-state index contributed by atoms with van der Waals surface area (Å²) in [6.07, 6.45) is 1.64. The third-order valence-corrected chi connectivity index (χ3v) is 3.90. The molecule has 4 nitrogen and oxygen atoms in total. The van der Waals surface area contributed by atoms with Gasteiger partial charge in [-0.25, -0.2) is 4.79 Å². The SMILES string of the molecule is C=CCOC(C(=O)OCC[NH+](C)C)(c1ccccc1)c1ccccc1.[Cl-]. The molecule has 0 aliphatic carbocycles. The van der Waals surface area contributed by atoms with Crippen LogP contribution >= 0.6 is 0 Å². The molecule has 0 saturated heterocycles. The van der Waals surface area contributed by atoms with Gasteiger partial charge in [-0.1, -0.05) is 66.7 Å². The Bertz CT molecular complexity index is 635. The summed E-state index contributed by atoms with van der Waals surface area (Å²) in [6, 6.07) is 18.9. The van der Waals surface area contributed by atoms with Crippen molar-refractivity contribution in [1.29, 1.82) is 0 Å². The molecule has 2 rings (SSSR count). The van der Waals surface area contributed by atoms with E-state index in [4.69, 9.17) is 9.47 Å². The predicted octanol–water partition coefficient (Wildman–Crippen LogP) is -1.18. The molecule has 0 atom stereocenters. The van der Waals surface area contributed by atoms with Crippen LogP contribution in [0.3, 0.4) is 0 Å². The Kier molecular flexibility index (Phi) is 9.07. The number of hydrogen-bond donors (Lipinski definition) is 1. The standard InChI is InChI=1S/C21H25NO3.ClH/c1-4-16-25-21(18-11-7-5-8-12-18,19-13-9-6-10-14-19)20(23)24-17-15-22(2)3;/h4-14H,1,15-17H2,2-3H3;1H. The van der Waals surface area contributed by atoms with Crippen molar-refractivity contribution in [2.45, 2.75) is 5.60 Å². The van der Waals surface area contributed by atoms with Crippen molar-refractivity contribution < 1.29 is 31.6 Å². The molecule has 0 bridgehead atoms. The monoisotopic (exact) mass is 375 g/mol. The van der Waals surface area contributed by atoms with Crippen LogP contribution in [-0.2, 0) is 19.9 Å². The first kappa shape index (κ1) is 21.9. The van der Waals surface area contributed by atoms with E-state index in [1.165, 1.54) is 4.90 Å². The largest absolute Gasteiger partial charge is 1.00 e. The fourth-order valence-corrected chi connectivity index (χ4v) is 2.61.